The molecule has 31 heavy (non-hydrogen) atoms. The fourth-order valence-electron chi connectivity index (χ4n) is 9.47. The summed E-state index contributed by atoms with van der Waals surface area (Å²) in [4.78, 5) is 0. The molecule has 176 valence electrons. The van der Waals surface area contributed by atoms with Crippen molar-refractivity contribution in [2.75, 3.05) is 0 Å². The van der Waals surface area contributed by atoms with Gasteiger partial charge in [0, 0.05) is 0 Å². The predicted octanol–water partition coefficient (Wildman–Crippen LogP) is 8.48. The molecule has 0 heterocycles. The standard InChI is InChI=1S/C30H50O/c1-20(2)10-9-11-21(3)22-14-18-30(8)24-12-13-25-27(4,5)26(31)16-17-28(25,6)23(24)15-19-29(22,30)7/h10,21-22,25-26,31H,9,11-19H2,1-8H3/t21?,22-,25?,26+,28-,29-,30+/m1/s1. The SMILES string of the molecule is CC(C)=CCCC(C)[C@H]1CC[C@@]2(C)C3=C(CC[C@]12C)[C@@]1(C)CC[C@H](O)C(C)(C)C1CC3. The average Bonchev–Trinajstić information content (AvgIpc) is 2.96. The summed E-state index contributed by atoms with van der Waals surface area (Å²) in [5.74, 6) is 2.32. The Hall–Kier alpha value is -0.560. The van der Waals surface area contributed by atoms with E-state index in [1.165, 1.54) is 63.4 Å². The van der Waals surface area contributed by atoms with Crippen LogP contribution in [0.5, 0.6) is 0 Å². The number of aliphatic hydroxyl groups is 1. The molecule has 0 aliphatic heterocycles. The van der Waals surface area contributed by atoms with Crippen molar-refractivity contribution < 1.29 is 5.11 Å². The molecule has 0 amide bonds. The van der Waals surface area contributed by atoms with E-state index < -0.39 is 0 Å². The highest BCUT2D eigenvalue weighted by Gasteiger charge is 2.63. The molecule has 0 saturated heterocycles. The minimum atomic E-state index is -0.130. The van der Waals surface area contributed by atoms with Crippen molar-refractivity contribution in [1.29, 1.82) is 0 Å². The zero-order valence-corrected chi connectivity index (χ0v) is 21.9. The molecule has 0 aromatic carbocycles. The second-order valence-corrected chi connectivity index (χ2v) is 13.6. The molecule has 2 saturated carbocycles. The van der Waals surface area contributed by atoms with Crippen LogP contribution in [0.25, 0.3) is 0 Å². The smallest absolute Gasteiger partial charge is 0.0594 e. The van der Waals surface area contributed by atoms with E-state index in [0.717, 1.165) is 18.3 Å². The largest absolute Gasteiger partial charge is 0.393 e. The summed E-state index contributed by atoms with van der Waals surface area (Å²) >= 11 is 0. The summed E-state index contributed by atoms with van der Waals surface area (Å²) in [6.07, 6.45) is 15.2. The van der Waals surface area contributed by atoms with Crippen molar-refractivity contribution in [3.8, 4) is 0 Å². The van der Waals surface area contributed by atoms with Gasteiger partial charge in [0.1, 0.15) is 0 Å². The molecule has 1 nitrogen and oxygen atoms in total. The Morgan fingerprint density at radius 1 is 0.968 bits per heavy atom. The van der Waals surface area contributed by atoms with Gasteiger partial charge >= 0.3 is 0 Å². The summed E-state index contributed by atoms with van der Waals surface area (Å²) < 4.78 is 0. The van der Waals surface area contributed by atoms with E-state index in [9.17, 15) is 5.11 Å². The first-order valence-corrected chi connectivity index (χ1v) is 13.4. The Balaban J connectivity index is 1.65. The molecule has 0 aromatic rings. The maximum Gasteiger partial charge on any atom is 0.0594 e. The maximum absolute atomic E-state index is 10.8. The van der Waals surface area contributed by atoms with E-state index in [1.54, 1.807) is 0 Å². The van der Waals surface area contributed by atoms with Gasteiger partial charge < -0.3 is 5.11 Å². The lowest BCUT2D eigenvalue weighted by atomic mass is 9.43. The third-order valence-electron chi connectivity index (χ3n) is 11.7. The van der Waals surface area contributed by atoms with E-state index in [-0.39, 0.29) is 11.5 Å². The Labute approximate surface area is 193 Å². The van der Waals surface area contributed by atoms with Crippen molar-refractivity contribution in [3.63, 3.8) is 0 Å². The quantitative estimate of drug-likeness (QED) is 0.447. The van der Waals surface area contributed by atoms with E-state index in [4.69, 9.17) is 0 Å². The number of fused-ring (bicyclic) bond motifs is 4. The number of allylic oxidation sites excluding steroid dienone is 4. The van der Waals surface area contributed by atoms with Crippen molar-refractivity contribution in [3.05, 3.63) is 22.8 Å². The second-order valence-electron chi connectivity index (χ2n) is 13.6. The molecule has 0 aromatic heterocycles. The van der Waals surface area contributed by atoms with E-state index in [2.05, 4.69) is 61.5 Å². The van der Waals surface area contributed by atoms with Gasteiger partial charge in [-0.05, 0) is 117 Å². The Morgan fingerprint density at radius 3 is 2.35 bits per heavy atom. The molecule has 7 atom stereocenters. The number of hydrogen-bond donors (Lipinski definition) is 1. The summed E-state index contributed by atoms with van der Waals surface area (Å²) in [5.41, 5.74) is 6.41. The molecular formula is C30H50O. The van der Waals surface area contributed by atoms with Gasteiger partial charge in [0.15, 0.2) is 0 Å². The Morgan fingerprint density at radius 2 is 1.68 bits per heavy atom. The normalized spacial score (nSPS) is 44.9. The lowest BCUT2D eigenvalue weighted by Gasteiger charge is -2.62. The summed E-state index contributed by atoms with van der Waals surface area (Å²) in [5, 5.41) is 10.8. The van der Waals surface area contributed by atoms with Crippen LogP contribution in [-0.2, 0) is 0 Å². The fraction of sp³-hybridized carbons (Fsp3) is 0.867. The van der Waals surface area contributed by atoms with Gasteiger partial charge in [-0.2, -0.15) is 0 Å². The van der Waals surface area contributed by atoms with Gasteiger partial charge in [-0.25, -0.2) is 0 Å². The molecule has 0 radical (unpaired) electrons. The van der Waals surface area contributed by atoms with Crippen LogP contribution in [0.3, 0.4) is 0 Å². The van der Waals surface area contributed by atoms with E-state index in [0.29, 0.717) is 22.2 Å². The minimum Gasteiger partial charge on any atom is -0.393 e. The van der Waals surface area contributed by atoms with Crippen LogP contribution < -0.4 is 0 Å². The lowest BCUT2D eigenvalue weighted by molar-refractivity contribution is -0.0962. The molecule has 4 aliphatic carbocycles. The van der Waals surface area contributed by atoms with E-state index >= 15 is 0 Å². The molecule has 2 unspecified atom stereocenters. The van der Waals surface area contributed by atoms with Gasteiger partial charge in [0.2, 0.25) is 0 Å². The van der Waals surface area contributed by atoms with Crippen LogP contribution >= 0.6 is 0 Å². The van der Waals surface area contributed by atoms with Gasteiger partial charge in [0.25, 0.3) is 0 Å². The Kier molecular flexibility index (Phi) is 5.90. The van der Waals surface area contributed by atoms with E-state index in [1.807, 2.05) is 11.1 Å². The van der Waals surface area contributed by atoms with Crippen LogP contribution in [-0.4, -0.2) is 11.2 Å². The maximum atomic E-state index is 10.8. The average molecular weight is 427 g/mol. The molecule has 4 rings (SSSR count). The number of hydrogen-bond acceptors (Lipinski definition) is 1. The number of rotatable bonds is 4. The molecule has 1 heteroatoms. The van der Waals surface area contributed by atoms with Crippen LogP contribution in [0.4, 0.5) is 0 Å². The van der Waals surface area contributed by atoms with Gasteiger partial charge in [-0.15, -0.1) is 0 Å². The highest BCUT2D eigenvalue weighted by Crippen LogP contribution is 2.72. The summed E-state index contributed by atoms with van der Waals surface area (Å²) in [6, 6.07) is 0. The molecular weight excluding hydrogens is 376 g/mol. The summed E-state index contributed by atoms with van der Waals surface area (Å²) in [7, 11) is 0. The van der Waals surface area contributed by atoms with Crippen LogP contribution in [0.2, 0.25) is 0 Å². The zero-order valence-electron chi connectivity index (χ0n) is 21.9. The first-order valence-electron chi connectivity index (χ1n) is 13.4. The monoisotopic (exact) mass is 426 g/mol. The zero-order chi connectivity index (χ0) is 22.8. The first kappa shape index (κ1) is 23.6. The van der Waals surface area contributed by atoms with Crippen molar-refractivity contribution in [1.82, 2.24) is 0 Å². The molecule has 4 aliphatic rings. The van der Waals surface area contributed by atoms with Gasteiger partial charge in [-0.1, -0.05) is 64.3 Å². The first-order chi connectivity index (χ1) is 14.4. The van der Waals surface area contributed by atoms with Crippen molar-refractivity contribution in [2.24, 2.45) is 39.4 Å². The minimum absolute atomic E-state index is 0.0465. The highest BCUT2D eigenvalue weighted by molar-refractivity contribution is 5.38. The third-order valence-corrected chi connectivity index (χ3v) is 11.7. The summed E-state index contributed by atoms with van der Waals surface area (Å²) in [6.45, 7) is 19.6. The molecule has 0 bridgehead atoms. The topological polar surface area (TPSA) is 20.2 Å². The van der Waals surface area contributed by atoms with Gasteiger partial charge in [0.05, 0.1) is 6.10 Å². The third kappa shape index (κ3) is 3.34. The van der Waals surface area contributed by atoms with Gasteiger partial charge in [-0.3, -0.25) is 0 Å². The van der Waals surface area contributed by atoms with Crippen LogP contribution in [0, 0.1) is 39.4 Å². The second kappa shape index (κ2) is 7.75. The van der Waals surface area contributed by atoms with Crippen molar-refractivity contribution >= 4 is 0 Å². The van der Waals surface area contributed by atoms with Crippen molar-refractivity contribution in [2.45, 2.75) is 126 Å². The number of aliphatic hydroxyl groups excluding tert-OH is 1. The lowest BCUT2D eigenvalue weighted by Crippen LogP contribution is -2.55. The van der Waals surface area contributed by atoms with Crippen LogP contribution in [0.15, 0.2) is 22.8 Å². The molecule has 0 spiro atoms. The predicted molar refractivity (Wildman–Crippen MR) is 133 cm³/mol. The highest BCUT2D eigenvalue weighted by atomic mass is 16.3. The van der Waals surface area contributed by atoms with Crippen LogP contribution in [0.1, 0.15) is 120 Å². The fourth-order valence-corrected chi connectivity index (χ4v) is 9.47. The Bertz CT molecular complexity index is 767. The molecule has 2 fully saturated rings. The molecule has 1 N–H and O–H groups in total.